The molecule has 1 aliphatic rings. The van der Waals surface area contributed by atoms with Gasteiger partial charge in [0.1, 0.15) is 23.9 Å². The number of phenolic OH excluding ortho intramolecular Hbond substituents is 2. The fraction of sp³-hybridized carbons (Fsp3) is 0.167. The van der Waals surface area contributed by atoms with E-state index in [9.17, 15) is 30.5 Å². The number of phenols is 2. The van der Waals surface area contributed by atoms with Gasteiger partial charge in [-0.05, 0) is 41.6 Å². The number of methoxy groups -OCH3 is 1. The standard InChI is InChI=1S/C18H19N6O7/c1-31-15-3-2-10(4-12(15)8-23-9-19-18(22-23)24(29)30)7-20-21-17(28)11-5-13(25)16(27)14(26)6-11/h2-7,24-27H,8-9H2,1H3,(H,19,22)(H,21,28)/q-1/p-1/b20-7+. The van der Waals surface area contributed by atoms with Gasteiger partial charge in [0.25, 0.3) is 5.91 Å². The summed E-state index contributed by atoms with van der Waals surface area (Å²) in [7, 11) is 1.49. The number of rotatable bonds is 6. The SMILES string of the molecule is COc1ccc(/C=N/NC(=O)c2cc(O)c([O-])c(O)c2)cc1CN1CN=C([NH+]([O-])[O-])N1. The Bertz CT molecular complexity index is 1020. The van der Waals surface area contributed by atoms with Crippen LogP contribution in [0.2, 0.25) is 0 Å². The van der Waals surface area contributed by atoms with Gasteiger partial charge in [0.2, 0.25) is 0 Å². The van der Waals surface area contributed by atoms with Gasteiger partial charge in [-0.25, -0.2) is 5.43 Å². The molecule has 5 N–H and O–H groups in total. The van der Waals surface area contributed by atoms with E-state index in [1.807, 2.05) is 0 Å². The maximum Gasteiger partial charge on any atom is 0.312 e. The van der Waals surface area contributed by atoms with Crippen LogP contribution in [-0.2, 0) is 6.54 Å². The number of hydroxylamine groups is 2. The molecule has 0 unspecified atom stereocenters. The monoisotopic (exact) mass is 430 g/mol. The van der Waals surface area contributed by atoms with Gasteiger partial charge in [-0.3, -0.25) is 10.2 Å². The van der Waals surface area contributed by atoms with Crippen molar-refractivity contribution in [3.63, 3.8) is 0 Å². The van der Waals surface area contributed by atoms with E-state index in [1.54, 1.807) is 23.2 Å². The van der Waals surface area contributed by atoms with E-state index in [-0.39, 0.29) is 24.7 Å². The Kier molecular flexibility index (Phi) is 6.52. The first-order chi connectivity index (χ1) is 14.8. The normalized spacial score (nSPS) is 14.0. The average molecular weight is 430 g/mol. The lowest BCUT2D eigenvalue weighted by Gasteiger charge is -2.25. The van der Waals surface area contributed by atoms with Gasteiger partial charge in [-0.1, -0.05) is 0 Å². The molecule has 2 aromatic carbocycles. The Balaban J connectivity index is 1.67. The van der Waals surface area contributed by atoms with E-state index >= 15 is 0 Å². The Morgan fingerprint density at radius 2 is 2.06 bits per heavy atom. The van der Waals surface area contributed by atoms with Crippen molar-refractivity contribution in [2.75, 3.05) is 13.8 Å². The summed E-state index contributed by atoms with van der Waals surface area (Å²) in [5.41, 5.74) is 5.98. The van der Waals surface area contributed by atoms with E-state index in [0.717, 1.165) is 12.1 Å². The molecule has 0 spiro atoms. The first kappa shape index (κ1) is 21.8. The highest BCUT2D eigenvalue weighted by Gasteiger charge is 2.19. The Morgan fingerprint density at radius 3 is 2.68 bits per heavy atom. The second-order valence-electron chi connectivity index (χ2n) is 6.36. The minimum atomic E-state index is -1.40. The van der Waals surface area contributed by atoms with Crippen LogP contribution in [0.15, 0.2) is 40.4 Å². The summed E-state index contributed by atoms with van der Waals surface area (Å²) in [5.74, 6) is -2.94. The number of nitrogens with one attached hydrogen (secondary N) is 3. The number of carbonyl (C=O) groups excluding carboxylic acids is 1. The highest BCUT2D eigenvalue weighted by molar-refractivity contribution is 5.96. The van der Waals surface area contributed by atoms with Gasteiger partial charge >= 0.3 is 5.96 Å². The number of hydrazine groups is 1. The number of hydrogen-bond acceptors (Lipinski definition) is 11. The average Bonchev–Trinajstić information content (AvgIpc) is 3.20. The zero-order valence-corrected chi connectivity index (χ0v) is 16.2. The van der Waals surface area contributed by atoms with Crippen LogP contribution in [0.5, 0.6) is 23.0 Å². The molecule has 0 aliphatic carbocycles. The number of guanidine groups is 1. The predicted molar refractivity (Wildman–Crippen MR) is 106 cm³/mol. The van der Waals surface area contributed by atoms with Crippen LogP contribution >= 0.6 is 0 Å². The molecule has 31 heavy (non-hydrogen) atoms. The molecule has 1 amide bonds. The van der Waals surface area contributed by atoms with E-state index in [1.165, 1.54) is 13.3 Å². The summed E-state index contributed by atoms with van der Waals surface area (Å²) < 4.78 is 5.31. The molecule has 0 bridgehead atoms. The zero-order valence-electron chi connectivity index (χ0n) is 16.2. The number of benzene rings is 2. The Hall–Kier alpha value is -3.91. The molecular weight excluding hydrogens is 412 g/mol. The molecule has 0 saturated carbocycles. The number of aliphatic imine (C=N–C) groups is 1. The minimum absolute atomic E-state index is 0.114. The van der Waals surface area contributed by atoms with Gasteiger partial charge in [-0.15, -0.1) is 0 Å². The summed E-state index contributed by atoms with van der Waals surface area (Å²) >= 11 is 0. The molecule has 1 heterocycles. The summed E-state index contributed by atoms with van der Waals surface area (Å²) in [6.07, 6.45) is 1.35. The first-order valence-corrected chi connectivity index (χ1v) is 8.79. The molecule has 1 aliphatic heterocycles. The Labute approximate surface area is 175 Å². The van der Waals surface area contributed by atoms with E-state index < -0.39 is 28.4 Å². The van der Waals surface area contributed by atoms with E-state index in [0.29, 0.717) is 16.9 Å². The molecule has 13 heteroatoms. The van der Waals surface area contributed by atoms with Crippen LogP contribution in [0.1, 0.15) is 21.5 Å². The highest BCUT2D eigenvalue weighted by Crippen LogP contribution is 2.32. The fourth-order valence-corrected chi connectivity index (χ4v) is 2.74. The van der Waals surface area contributed by atoms with Crippen LogP contribution in [0, 0.1) is 10.4 Å². The third-order valence-electron chi connectivity index (χ3n) is 4.21. The van der Waals surface area contributed by atoms with Crippen molar-refractivity contribution in [1.29, 1.82) is 0 Å². The van der Waals surface area contributed by atoms with Crippen molar-refractivity contribution in [1.82, 2.24) is 15.9 Å². The highest BCUT2D eigenvalue weighted by atomic mass is 16.8. The van der Waals surface area contributed by atoms with E-state index in [2.05, 4.69) is 20.9 Å². The lowest BCUT2D eigenvalue weighted by Crippen LogP contribution is -3.07. The van der Waals surface area contributed by atoms with Crippen molar-refractivity contribution >= 4 is 18.1 Å². The van der Waals surface area contributed by atoms with Crippen molar-refractivity contribution in [2.45, 2.75) is 6.54 Å². The summed E-state index contributed by atoms with van der Waals surface area (Å²) in [6.45, 7) is 0.375. The number of nitrogens with zero attached hydrogens (tertiary/aromatic N) is 3. The van der Waals surface area contributed by atoms with Crippen LogP contribution < -0.4 is 25.9 Å². The first-order valence-electron chi connectivity index (χ1n) is 8.79. The molecule has 0 aromatic heterocycles. The van der Waals surface area contributed by atoms with Crippen LogP contribution in [-0.4, -0.2) is 47.1 Å². The zero-order chi connectivity index (χ0) is 22.5. The Morgan fingerprint density at radius 1 is 1.35 bits per heavy atom. The minimum Gasteiger partial charge on any atom is -0.867 e. The van der Waals surface area contributed by atoms with Gasteiger partial charge in [0.15, 0.2) is 0 Å². The quantitative estimate of drug-likeness (QED) is 0.267. The molecule has 2 aromatic rings. The fourth-order valence-electron chi connectivity index (χ4n) is 2.74. The number of ether oxygens (including phenoxy) is 1. The number of hydrogen-bond donors (Lipinski definition) is 5. The molecule has 0 radical (unpaired) electrons. The van der Waals surface area contributed by atoms with Crippen LogP contribution in [0.4, 0.5) is 0 Å². The number of quaternary nitrogens is 1. The second-order valence-corrected chi connectivity index (χ2v) is 6.36. The maximum atomic E-state index is 12.1. The lowest BCUT2D eigenvalue weighted by molar-refractivity contribution is -0.688. The number of hydrazone groups is 1. The summed E-state index contributed by atoms with van der Waals surface area (Å²) in [6, 6.07) is 6.92. The maximum absolute atomic E-state index is 12.1. The number of carbonyl (C=O) groups is 1. The third-order valence-corrected chi connectivity index (χ3v) is 4.21. The molecular formula is C18H18N6O7-2. The molecule has 13 nitrogen and oxygen atoms in total. The van der Waals surface area contributed by atoms with Crippen molar-refractivity contribution in [3.05, 3.63) is 57.4 Å². The van der Waals surface area contributed by atoms with Gasteiger partial charge < -0.3 is 35.7 Å². The largest absolute Gasteiger partial charge is 0.867 e. The van der Waals surface area contributed by atoms with Crippen molar-refractivity contribution < 1.29 is 30.1 Å². The summed E-state index contributed by atoms with van der Waals surface area (Å²) in [4.78, 5) is 15.9. The van der Waals surface area contributed by atoms with Crippen LogP contribution in [0.25, 0.3) is 0 Å². The van der Waals surface area contributed by atoms with Gasteiger partial charge in [0.05, 0.1) is 13.3 Å². The van der Waals surface area contributed by atoms with Crippen molar-refractivity contribution in [2.24, 2.45) is 10.1 Å². The second kappa shape index (κ2) is 9.27. The molecule has 3 rings (SSSR count). The molecule has 164 valence electrons. The lowest BCUT2D eigenvalue weighted by atomic mass is 10.1. The molecule has 0 atom stereocenters. The van der Waals surface area contributed by atoms with Gasteiger partial charge in [0, 0.05) is 17.7 Å². The number of aromatic hydroxyl groups is 2. The molecule has 0 saturated heterocycles. The summed E-state index contributed by atoms with van der Waals surface area (Å²) in [5, 5.41) is 55.8. The van der Waals surface area contributed by atoms with Gasteiger partial charge in [-0.2, -0.15) is 15.1 Å². The van der Waals surface area contributed by atoms with E-state index in [4.69, 9.17) is 4.74 Å². The third kappa shape index (κ3) is 5.18. The van der Waals surface area contributed by atoms with Crippen LogP contribution in [0.3, 0.4) is 0 Å². The molecule has 0 fully saturated rings. The predicted octanol–water partition coefficient (Wildman–Crippen LogP) is -1.54. The van der Waals surface area contributed by atoms with Crippen molar-refractivity contribution in [3.8, 4) is 23.0 Å². The smallest absolute Gasteiger partial charge is 0.312 e. The number of amides is 1. The topological polar surface area (TPSA) is 192 Å².